The van der Waals surface area contributed by atoms with Crippen molar-refractivity contribution in [3.63, 3.8) is 0 Å². The maximum absolute atomic E-state index is 9.06. The highest BCUT2D eigenvalue weighted by Gasteiger charge is 2.21. The molecule has 0 unspecified atom stereocenters. The van der Waals surface area contributed by atoms with Crippen molar-refractivity contribution in [3.8, 4) is 0 Å². The molecule has 1 fully saturated rings. The summed E-state index contributed by atoms with van der Waals surface area (Å²) in [6.45, 7) is 5.16. The minimum Gasteiger partial charge on any atom is -0.396 e. The van der Waals surface area contributed by atoms with Crippen LogP contribution < -0.4 is 0 Å². The normalized spacial score (nSPS) is 27.2. The Balaban J connectivity index is 2.12. The Bertz CT molecular complexity index is 153. The van der Waals surface area contributed by atoms with Gasteiger partial charge in [0.05, 0.1) is 0 Å². The fourth-order valence-corrected chi connectivity index (χ4v) is 2.56. The van der Waals surface area contributed by atoms with E-state index in [9.17, 15) is 0 Å². The molecule has 0 radical (unpaired) electrons. The average molecular weight is 213 g/mol. The van der Waals surface area contributed by atoms with Gasteiger partial charge in [0.1, 0.15) is 0 Å². The van der Waals surface area contributed by atoms with E-state index in [-0.39, 0.29) is 0 Å². The minimum atomic E-state index is 0.401. The molecule has 0 heterocycles. The van der Waals surface area contributed by atoms with Gasteiger partial charge in [-0.1, -0.05) is 13.3 Å². The van der Waals surface area contributed by atoms with Crippen LogP contribution in [0.5, 0.6) is 0 Å². The van der Waals surface area contributed by atoms with Crippen molar-refractivity contribution < 1.29 is 5.11 Å². The molecule has 0 spiro atoms. The summed E-state index contributed by atoms with van der Waals surface area (Å²) in [4.78, 5) is 2.48. The first kappa shape index (κ1) is 13.0. The highest BCUT2D eigenvalue weighted by Crippen LogP contribution is 2.28. The molecule has 1 rings (SSSR count). The Hall–Kier alpha value is -0.0800. The summed E-state index contributed by atoms with van der Waals surface area (Å²) in [5.74, 6) is 1.48. The second kappa shape index (κ2) is 7.24. The van der Waals surface area contributed by atoms with Crippen LogP contribution in [0.1, 0.15) is 45.4 Å². The van der Waals surface area contributed by atoms with Gasteiger partial charge in [-0.2, -0.15) is 0 Å². The Kier molecular flexibility index (Phi) is 6.26. The van der Waals surface area contributed by atoms with E-state index in [1.165, 1.54) is 51.6 Å². The maximum atomic E-state index is 9.06. The van der Waals surface area contributed by atoms with E-state index >= 15 is 0 Å². The van der Waals surface area contributed by atoms with Crippen LogP contribution in [0.4, 0.5) is 0 Å². The second-order valence-electron chi connectivity index (χ2n) is 5.19. The highest BCUT2D eigenvalue weighted by molar-refractivity contribution is 4.74. The number of nitrogens with zero attached hydrogens (tertiary/aromatic N) is 1. The predicted molar refractivity (Wildman–Crippen MR) is 64.9 cm³/mol. The number of unbranched alkanes of at least 4 members (excludes halogenated alkanes) is 1. The molecule has 0 saturated heterocycles. The van der Waals surface area contributed by atoms with Gasteiger partial charge in [0.25, 0.3) is 0 Å². The van der Waals surface area contributed by atoms with E-state index in [1.807, 2.05) is 0 Å². The van der Waals surface area contributed by atoms with E-state index in [0.29, 0.717) is 12.5 Å². The van der Waals surface area contributed by atoms with Crippen molar-refractivity contribution in [2.45, 2.75) is 45.4 Å². The lowest BCUT2D eigenvalue weighted by molar-refractivity contribution is 0.148. The predicted octanol–water partition coefficient (Wildman–Crippen LogP) is 2.52. The monoisotopic (exact) mass is 213 g/mol. The standard InChI is InChI=1S/C13H27NO/c1-3-4-9-14(2)10-12-5-7-13(11-15)8-6-12/h12-13,15H,3-11H2,1-2H3. The Morgan fingerprint density at radius 2 is 1.73 bits per heavy atom. The Morgan fingerprint density at radius 3 is 2.27 bits per heavy atom. The summed E-state index contributed by atoms with van der Waals surface area (Å²) in [6, 6.07) is 0. The van der Waals surface area contributed by atoms with Crippen molar-refractivity contribution >= 4 is 0 Å². The van der Waals surface area contributed by atoms with Gasteiger partial charge in [-0.25, -0.2) is 0 Å². The number of aliphatic hydroxyl groups excluding tert-OH is 1. The molecule has 0 aliphatic heterocycles. The fourth-order valence-electron chi connectivity index (χ4n) is 2.56. The molecule has 2 heteroatoms. The first-order valence-corrected chi connectivity index (χ1v) is 6.55. The van der Waals surface area contributed by atoms with Crippen LogP contribution in [0, 0.1) is 11.8 Å². The average Bonchev–Trinajstić information content (AvgIpc) is 2.27. The summed E-state index contributed by atoms with van der Waals surface area (Å²) < 4.78 is 0. The third-order valence-corrected chi connectivity index (χ3v) is 3.69. The lowest BCUT2D eigenvalue weighted by Gasteiger charge is -2.30. The van der Waals surface area contributed by atoms with Gasteiger partial charge in [-0.15, -0.1) is 0 Å². The molecular weight excluding hydrogens is 186 g/mol. The number of hydrogen-bond donors (Lipinski definition) is 1. The molecule has 0 bridgehead atoms. The molecule has 1 saturated carbocycles. The molecule has 0 atom stereocenters. The molecule has 0 aromatic heterocycles. The third-order valence-electron chi connectivity index (χ3n) is 3.69. The second-order valence-corrected chi connectivity index (χ2v) is 5.19. The number of aliphatic hydroxyl groups is 1. The van der Waals surface area contributed by atoms with Gasteiger partial charge in [0, 0.05) is 13.2 Å². The summed E-state index contributed by atoms with van der Waals surface area (Å²) in [5, 5.41) is 9.06. The zero-order valence-electron chi connectivity index (χ0n) is 10.4. The van der Waals surface area contributed by atoms with Crippen LogP contribution in [-0.2, 0) is 0 Å². The van der Waals surface area contributed by atoms with Crippen molar-refractivity contribution in [1.29, 1.82) is 0 Å². The van der Waals surface area contributed by atoms with Crippen molar-refractivity contribution in [1.82, 2.24) is 4.90 Å². The topological polar surface area (TPSA) is 23.5 Å². The van der Waals surface area contributed by atoms with Gasteiger partial charge in [-0.3, -0.25) is 0 Å². The molecule has 1 aliphatic rings. The van der Waals surface area contributed by atoms with E-state index < -0.39 is 0 Å². The lowest BCUT2D eigenvalue weighted by atomic mass is 9.82. The van der Waals surface area contributed by atoms with Crippen LogP contribution in [0.2, 0.25) is 0 Å². The molecule has 1 N–H and O–H groups in total. The van der Waals surface area contributed by atoms with Gasteiger partial charge in [0.15, 0.2) is 0 Å². The van der Waals surface area contributed by atoms with E-state index in [2.05, 4.69) is 18.9 Å². The molecule has 1 aliphatic carbocycles. The van der Waals surface area contributed by atoms with Crippen LogP contribution in [0.3, 0.4) is 0 Å². The van der Waals surface area contributed by atoms with Crippen molar-refractivity contribution in [3.05, 3.63) is 0 Å². The van der Waals surface area contributed by atoms with Gasteiger partial charge >= 0.3 is 0 Å². The molecule has 90 valence electrons. The van der Waals surface area contributed by atoms with Crippen LogP contribution in [-0.4, -0.2) is 36.8 Å². The molecule has 2 nitrogen and oxygen atoms in total. The van der Waals surface area contributed by atoms with Crippen molar-refractivity contribution in [2.24, 2.45) is 11.8 Å². The molecule has 0 aromatic rings. The Labute approximate surface area is 94.7 Å². The maximum Gasteiger partial charge on any atom is 0.0459 e. The fraction of sp³-hybridized carbons (Fsp3) is 1.00. The van der Waals surface area contributed by atoms with E-state index in [1.54, 1.807) is 0 Å². The molecular formula is C13H27NO. The van der Waals surface area contributed by atoms with Gasteiger partial charge < -0.3 is 10.0 Å². The first-order valence-electron chi connectivity index (χ1n) is 6.55. The molecule has 0 amide bonds. The third kappa shape index (κ3) is 4.98. The summed E-state index contributed by atoms with van der Waals surface area (Å²) in [6.07, 6.45) is 7.74. The summed E-state index contributed by atoms with van der Waals surface area (Å²) in [7, 11) is 2.24. The van der Waals surface area contributed by atoms with Gasteiger partial charge in [-0.05, 0) is 57.5 Å². The van der Waals surface area contributed by atoms with E-state index in [4.69, 9.17) is 5.11 Å². The minimum absolute atomic E-state index is 0.401. The quantitative estimate of drug-likeness (QED) is 0.733. The highest BCUT2D eigenvalue weighted by atomic mass is 16.3. The zero-order valence-corrected chi connectivity index (χ0v) is 10.4. The van der Waals surface area contributed by atoms with Crippen LogP contribution in [0.15, 0.2) is 0 Å². The summed E-state index contributed by atoms with van der Waals surface area (Å²) in [5.41, 5.74) is 0. The smallest absolute Gasteiger partial charge is 0.0459 e. The SMILES string of the molecule is CCCCN(C)CC1CCC(CO)CC1. The zero-order chi connectivity index (χ0) is 11.1. The summed E-state index contributed by atoms with van der Waals surface area (Å²) >= 11 is 0. The number of hydrogen-bond acceptors (Lipinski definition) is 2. The van der Waals surface area contributed by atoms with Crippen molar-refractivity contribution in [2.75, 3.05) is 26.7 Å². The first-order chi connectivity index (χ1) is 7.26. The lowest BCUT2D eigenvalue weighted by Crippen LogP contribution is -2.29. The largest absolute Gasteiger partial charge is 0.396 e. The van der Waals surface area contributed by atoms with E-state index in [0.717, 1.165) is 5.92 Å². The molecule has 15 heavy (non-hydrogen) atoms. The van der Waals surface area contributed by atoms with Gasteiger partial charge in [0.2, 0.25) is 0 Å². The molecule has 0 aromatic carbocycles. The van der Waals surface area contributed by atoms with Crippen LogP contribution in [0.25, 0.3) is 0 Å². The Morgan fingerprint density at radius 1 is 1.13 bits per heavy atom. The van der Waals surface area contributed by atoms with Crippen LogP contribution >= 0.6 is 0 Å². The number of rotatable bonds is 6.